The van der Waals surface area contributed by atoms with Crippen LogP contribution in [-0.2, 0) is 0 Å². The molecule has 0 unspecified atom stereocenters. The van der Waals surface area contributed by atoms with E-state index in [9.17, 15) is 13.6 Å². The molecule has 0 saturated carbocycles. The molecule has 19 heavy (non-hydrogen) atoms. The fourth-order valence-corrected chi connectivity index (χ4v) is 1.58. The smallest absolute Gasteiger partial charge is 0.258 e. The van der Waals surface area contributed by atoms with E-state index in [0.29, 0.717) is 0 Å². The minimum atomic E-state index is -0.937. The molecular formula is C12H8ClF2N3O. The number of nitrogens with zero attached hydrogens (tertiary/aromatic N) is 1. The van der Waals surface area contributed by atoms with Gasteiger partial charge in [-0.2, -0.15) is 0 Å². The van der Waals surface area contributed by atoms with E-state index in [0.717, 1.165) is 18.2 Å². The Balaban J connectivity index is 2.31. The molecule has 2 aromatic rings. The third-order valence-corrected chi connectivity index (χ3v) is 2.67. The molecule has 0 bridgehead atoms. The molecule has 0 aliphatic rings. The largest absolute Gasteiger partial charge is 0.381 e. The van der Waals surface area contributed by atoms with E-state index >= 15 is 0 Å². The third kappa shape index (κ3) is 2.79. The van der Waals surface area contributed by atoms with E-state index in [1.807, 2.05) is 0 Å². The predicted molar refractivity (Wildman–Crippen MR) is 68.0 cm³/mol. The number of hydrogen-bond acceptors (Lipinski definition) is 3. The number of anilines is 2. The molecule has 0 atom stereocenters. The average molecular weight is 284 g/mol. The maximum Gasteiger partial charge on any atom is 0.258 e. The summed E-state index contributed by atoms with van der Waals surface area (Å²) < 4.78 is 26.6. The lowest BCUT2D eigenvalue weighted by atomic mass is 10.2. The van der Waals surface area contributed by atoms with Gasteiger partial charge in [0.15, 0.2) is 11.6 Å². The van der Waals surface area contributed by atoms with E-state index < -0.39 is 23.4 Å². The van der Waals surface area contributed by atoms with Gasteiger partial charge >= 0.3 is 0 Å². The molecule has 1 aromatic carbocycles. The Labute approximate surface area is 112 Å². The van der Waals surface area contributed by atoms with Crippen LogP contribution in [0.3, 0.4) is 0 Å². The molecule has 0 aliphatic heterocycles. The molecule has 3 N–H and O–H groups in total. The van der Waals surface area contributed by atoms with Crippen molar-refractivity contribution in [3.63, 3.8) is 0 Å². The highest BCUT2D eigenvalue weighted by Crippen LogP contribution is 2.23. The van der Waals surface area contributed by atoms with Crippen LogP contribution >= 0.6 is 11.6 Å². The fourth-order valence-electron chi connectivity index (χ4n) is 1.42. The summed E-state index contributed by atoms with van der Waals surface area (Å²) >= 11 is 5.79. The summed E-state index contributed by atoms with van der Waals surface area (Å²) in [4.78, 5) is 15.3. The Morgan fingerprint density at radius 1 is 1.32 bits per heavy atom. The Hall–Kier alpha value is -2.21. The van der Waals surface area contributed by atoms with Crippen molar-refractivity contribution in [2.45, 2.75) is 0 Å². The maximum atomic E-state index is 13.6. The van der Waals surface area contributed by atoms with Crippen LogP contribution in [0.2, 0.25) is 5.02 Å². The molecule has 0 saturated heterocycles. The quantitative estimate of drug-likeness (QED) is 0.890. The van der Waals surface area contributed by atoms with Crippen LogP contribution in [0.5, 0.6) is 0 Å². The van der Waals surface area contributed by atoms with Crippen molar-refractivity contribution in [1.29, 1.82) is 0 Å². The Bertz CT molecular complexity index is 649. The molecular weight excluding hydrogens is 276 g/mol. The molecule has 0 aliphatic carbocycles. The molecule has 1 amide bonds. The second-order valence-electron chi connectivity index (χ2n) is 3.64. The van der Waals surface area contributed by atoms with Gasteiger partial charge in [0.25, 0.3) is 5.91 Å². The number of rotatable bonds is 2. The second kappa shape index (κ2) is 5.19. The van der Waals surface area contributed by atoms with Crippen molar-refractivity contribution in [3.8, 4) is 0 Å². The highest BCUT2D eigenvalue weighted by atomic mass is 35.5. The number of benzene rings is 1. The van der Waals surface area contributed by atoms with E-state index in [1.165, 1.54) is 12.3 Å². The molecule has 2 rings (SSSR count). The maximum absolute atomic E-state index is 13.6. The van der Waals surface area contributed by atoms with Crippen LogP contribution in [0.4, 0.5) is 20.3 Å². The van der Waals surface area contributed by atoms with Gasteiger partial charge < -0.3 is 11.1 Å². The monoisotopic (exact) mass is 283 g/mol. The number of amides is 1. The van der Waals surface area contributed by atoms with Gasteiger partial charge in [-0.05, 0) is 24.3 Å². The lowest BCUT2D eigenvalue weighted by Gasteiger charge is -2.08. The molecule has 4 nitrogen and oxygen atoms in total. The number of nitrogens with two attached hydrogens (primary N) is 1. The zero-order chi connectivity index (χ0) is 14.0. The number of halogens is 3. The minimum Gasteiger partial charge on any atom is -0.381 e. The number of nitrogens with one attached hydrogen (secondary N) is 1. The summed E-state index contributed by atoms with van der Waals surface area (Å²) in [5, 5.41) is 2.44. The van der Waals surface area contributed by atoms with Crippen LogP contribution in [0, 0.1) is 11.6 Å². The lowest BCUT2D eigenvalue weighted by molar-refractivity contribution is 0.102. The van der Waals surface area contributed by atoms with Crippen LogP contribution in [-0.4, -0.2) is 10.9 Å². The number of nitrogen functional groups attached to an aromatic ring is 1. The van der Waals surface area contributed by atoms with Gasteiger partial charge in [-0.15, -0.1) is 0 Å². The first-order valence-electron chi connectivity index (χ1n) is 5.15. The Kier molecular flexibility index (Phi) is 3.62. The van der Waals surface area contributed by atoms with E-state index in [4.69, 9.17) is 17.3 Å². The molecule has 7 heteroatoms. The van der Waals surface area contributed by atoms with Gasteiger partial charge in [-0.3, -0.25) is 4.79 Å². The summed E-state index contributed by atoms with van der Waals surface area (Å²) in [6.45, 7) is 0. The normalized spacial score (nSPS) is 10.3. The zero-order valence-corrected chi connectivity index (χ0v) is 10.2. The summed E-state index contributed by atoms with van der Waals surface area (Å²) in [6, 6.07) is 4.61. The number of aromatic nitrogens is 1. The summed E-state index contributed by atoms with van der Waals surface area (Å²) in [5.74, 6) is -2.70. The van der Waals surface area contributed by atoms with Gasteiger partial charge in [0.05, 0.1) is 16.3 Å². The first kappa shape index (κ1) is 13.2. The van der Waals surface area contributed by atoms with Crippen molar-refractivity contribution < 1.29 is 13.6 Å². The van der Waals surface area contributed by atoms with Crippen molar-refractivity contribution >= 4 is 29.0 Å². The van der Waals surface area contributed by atoms with Crippen LogP contribution in [0.1, 0.15) is 10.4 Å². The highest BCUT2D eigenvalue weighted by molar-refractivity contribution is 6.33. The minimum absolute atomic E-state index is 0.0430. The number of carbonyl (C=O) groups is 1. The van der Waals surface area contributed by atoms with E-state index in [-0.39, 0.29) is 16.3 Å². The van der Waals surface area contributed by atoms with Crippen LogP contribution in [0.25, 0.3) is 0 Å². The van der Waals surface area contributed by atoms with Crippen molar-refractivity contribution in [2.24, 2.45) is 0 Å². The number of carbonyl (C=O) groups excluding carboxylic acids is 1. The molecule has 98 valence electrons. The molecule has 0 spiro atoms. The summed E-state index contributed by atoms with van der Waals surface area (Å²) in [5.41, 5.74) is 5.00. The first-order chi connectivity index (χ1) is 8.99. The van der Waals surface area contributed by atoms with Gasteiger partial charge in [0, 0.05) is 6.20 Å². The van der Waals surface area contributed by atoms with Gasteiger partial charge in [-0.25, -0.2) is 13.8 Å². The third-order valence-electron chi connectivity index (χ3n) is 2.34. The van der Waals surface area contributed by atoms with Crippen molar-refractivity contribution in [3.05, 3.63) is 52.7 Å². The summed E-state index contributed by atoms with van der Waals surface area (Å²) in [6.07, 6.45) is 1.19. The predicted octanol–water partition coefficient (Wildman–Crippen LogP) is 2.85. The molecule has 1 heterocycles. The van der Waals surface area contributed by atoms with Gasteiger partial charge in [0.2, 0.25) is 0 Å². The number of hydrogen-bond donors (Lipinski definition) is 2. The van der Waals surface area contributed by atoms with E-state index in [2.05, 4.69) is 10.3 Å². The average Bonchev–Trinajstić information content (AvgIpc) is 2.37. The standard InChI is InChI=1S/C12H8ClF2N3O/c13-8-2-1-6(14)5-9(8)18-12(19)7-3-4-17-11(16)10(7)15/h1-5H,(H2,16,17)(H,18,19). The van der Waals surface area contributed by atoms with Crippen LogP contribution in [0.15, 0.2) is 30.5 Å². The van der Waals surface area contributed by atoms with E-state index in [1.54, 1.807) is 0 Å². The zero-order valence-electron chi connectivity index (χ0n) is 9.45. The van der Waals surface area contributed by atoms with Crippen molar-refractivity contribution in [1.82, 2.24) is 4.98 Å². The summed E-state index contributed by atoms with van der Waals surface area (Å²) in [7, 11) is 0. The van der Waals surface area contributed by atoms with Crippen LogP contribution < -0.4 is 11.1 Å². The fraction of sp³-hybridized carbons (Fsp3) is 0. The molecule has 0 fully saturated rings. The molecule has 0 radical (unpaired) electrons. The van der Waals surface area contributed by atoms with Crippen molar-refractivity contribution in [2.75, 3.05) is 11.1 Å². The lowest BCUT2D eigenvalue weighted by Crippen LogP contribution is -2.15. The Morgan fingerprint density at radius 3 is 2.79 bits per heavy atom. The second-order valence-corrected chi connectivity index (χ2v) is 4.04. The Morgan fingerprint density at radius 2 is 2.05 bits per heavy atom. The SMILES string of the molecule is Nc1nccc(C(=O)Nc2cc(F)ccc2Cl)c1F. The topological polar surface area (TPSA) is 68.0 Å². The first-order valence-corrected chi connectivity index (χ1v) is 5.53. The molecule has 1 aromatic heterocycles. The highest BCUT2D eigenvalue weighted by Gasteiger charge is 2.16. The number of pyridine rings is 1. The van der Waals surface area contributed by atoms with Gasteiger partial charge in [-0.1, -0.05) is 11.6 Å². The van der Waals surface area contributed by atoms with Gasteiger partial charge in [0.1, 0.15) is 5.82 Å².